The highest BCUT2D eigenvalue weighted by atomic mass is 16.5. The number of allylic oxidation sites excluding steroid dienone is 7. The van der Waals surface area contributed by atoms with E-state index in [1.54, 1.807) is 54.7 Å². The molecule has 0 radical (unpaired) electrons. The van der Waals surface area contributed by atoms with Gasteiger partial charge in [-0.2, -0.15) is 0 Å². The van der Waals surface area contributed by atoms with E-state index in [0.717, 1.165) is 19.3 Å². The number of esters is 1. The Morgan fingerprint density at radius 3 is 2.31 bits per heavy atom. The van der Waals surface area contributed by atoms with E-state index in [-0.39, 0.29) is 18.5 Å². The number of rotatable bonds is 0. The second kappa shape index (κ2) is 15.7. The van der Waals surface area contributed by atoms with Gasteiger partial charge in [0.05, 0.1) is 24.4 Å². The third kappa shape index (κ3) is 14.4. The number of aliphatic hydroxyl groups is 3. The lowest BCUT2D eigenvalue weighted by Gasteiger charge is -2.10. The molecule has 1 heterocycles. The molecule has 1 aliphatic rings. The fraction of sp³-hybridized carbons (Fsp3) is 0.458. The summed E-state index contributed by atoms with van der Waals surface area (Å²) in [5, 5.41) is 29.8. The first kappa shape index (κ1) is 24.8. The van der Waals surface area contributed by atoms with E-state index in [9.17, 15) is 20.1 Å². The zero-order chi connectivity index (χ0) is 21.3. The van der Waals surface area contributed by atoms with Crippen LogP contribution in [-0.2, 0) is 9.53 Å². The van der Waals surface area contributed by atoms with Crippen LogP contribution in [0.4, 0.5) is 0 Å². The maximum absolute atomic E-state index is 11.7. The molecule has 0 spiro atoms. The summed E-state index contributed by atoms with van der Waals surface area (Å²) >= 11 is 0. The van der Waals surface area contributed by atoms with Gasteiger partial charge >= 0.3 is 5.97 Å². The molecule has 3 N–H and O–H groups in total. The van der Waals surface area contributed by atoms with Crippen LogP contribution in [-0.4, -0.2) is 45.7 Å². The molecule has 0 unspecified atom stereocenters. The van der Waals surface area contributed by atoms with Crippen LogP contribution < -0.4 is 0 Å². The number of ether oxygens (including phenoxy) is 1. The highest BCUT2D eigenvalue weighted by molar-refractivity contribution is 5.82. The lowest BCUT2D eigenvalue weighted by molar-refractivity contribution is -0.142. The normalized spacial score (nSPS) is 35.4. The molecule has 0 saturated heterocycles. The van der Waals surface area contributed by atoms with Crippen molar-refractivity contribution in [2.75, 3.05) is 0 Å². The van der Waals surface area contributed by atoms with Gasteiger partial charge < -0.3 is 20.1 Å². The second-order valence-corrected chi connectivity index (χ2v) is 7.09. The lowest BCUT2D eigenvalue weighted by atomic mass is 10.1. The predicted octanol–water partition coefficient (Wildman–Crippen LogP) is 3.69. The van der Waals surface area contributed by atoms with Crippen LogP contribution in [0.3, 0.4) is 0 Å². The SMILES string of the molecule is C[C@H]1CCC/C=C\C=C\[C@H](O)C[C@@H](O)C/C=C\C=C\[C@H](O)C/C=C/C=C\C(=O)O1. The summed E-state index contributed by atoms with van der Waals surface area (Å²) in [4.78, 5) is 11.7. The molecule has 160 valence electrons. The van der Waals surface area contributed by atoms with Crippen molar-refractivity contribution in [3.63, 3.8) is 0 Å². The quantitative estimate of drug-likeness (QED) is 0.538. The van der Waals surface area contributed by atoms with Crippen molar-refractivity contribution in [3.05, 3.63) is 72.9 Å². The highest BCUT2D eigenvalue weighted by Gasteiger charge is 2.07. The molecule has 1 aliphatic heterocycles. The van der Waals surface area contributed by atoms with Gasteiger partial charge in [-0.05, 0) is 39.0 Å². The molecule has 1 rings (SSSR count). The Morgan fingerprint density at radius 2 is 1.52 bits per heavy atom. The maximum atomic E-state index is 11.7. The Labute approximate surface area is 174 Å². The number of carbonyl (C=O) groups excluding carboxylic acids is 1. The molecule has 29 heavy (non-hydrogen) atoms. The summed E-state index contributed by atoms with van der Waals surface area (Å²) in [6, 6.07) is 0. The van der Waals surface area contributed by atoms with Gasteiger partial charge in [-0.25, -0.2) is 4.79 Å². The Hall–Kier alpha value is -2.21. The van der Waals surface area contributed by atoms with Gasteiger partial charge in [-0.3, -0.25) is 0 Å². The summed E-state index contributed by atoms with van der Waals surface area (Å²) in [6.45, 7) is 1.87. The van der Waals surface area contributed by atoms with Gasteiger partial charge in [0.2, 0.25) is 0 Å². The van der Waals surface area contributed by atoms with Crippen molar-refractivity contribution in [1.29, 1.82) is 0 Å². The van der Waals surface area contributed by atoms with Crippen LogP contribution in [0.25, 0.3) is 0 Å². The zero-order valence-corrected chi connectivity index (χ0v) is 17.1. The van der Waals surface area contributed by atoms with Crippen LogP contribution in [0.1, 0.15) is 45.4 Å². The molecular formula is C24H34O5. The van der Waals surface area contributed by atoms with Gasteiger partial charge in [0.15, 0.2) is 0 Å². The Bertz CT molecular complexity index is 627. The Kier molecular flexibility index (Phi) is 13.4. The summed E-state index contributed by atoms with van der Waals surface area (Å²) < 4.78 is 5.31. The highest BCUT2D eigenvalue weighted by Crippen LogP contribution is 2.08. The molecule has 4 atom stereocenters. The Balaban J connectivity index is 2.66. The van der Waals surface area contributed by atoms with Crippen molar-refractivity contribution in [2.24, 2.45) is 0 Å². The van der Waals surface area contributed by atoms with Crippen molar-refractivity contribution in [1.82, 2.24) is 0 Å². The van der Waals surface area contributed by atoms with Gasteiger partial charge in [-0.1, -0.05) is 66.8 Å². The van der Waals surface area contributed by atoms with Crippen LogP contribution in [0.15, 0.2) is 72.9 Å². The van der Waals surface area contributed by atoms with Gasteiger partial charge in [0.25, 0.3) is 0 Å². The number of hydrogen-bond donors (Lipinski definition) is 3. The molecule has 0 aromatic rings. The minimum absolute atomic E-state index is 0.158. The fourth-order valence-electron chi connectivity index (χ4n) is 2.66. The third-order valence-electron chi connectivity index (χ3n) is 4.24. The predicted molar refractivity (Wildman–Crippen MR) is 116 cm³/mol. The van der Waals surface area contributed by atoms with E-state index in [1.165, 1.54) is 6.08 Å². The number of hydrogen-bond acceptors (Lipinski definition) is 5. The smallest absolute Gasteiger partial charge is 0.331 e. The topological polar surface area (TPSA) is 87.0 Å². The first-order valence-electron chi connectivity index (χ1n) is 10.2. The van der Waals surface area contributed by atoms with E-state index in [2.05, 4.69) is 0 Å². The van der Waals surface area contributed by atoms with Crippen molar-refractivity contribution in [2.45, 2.75) is 69.9 Å². The van der Waals surface area contributed by atoms with Crippen LogP contribution in [0.2, 0.25) is 0 Å². The number of aliphatic hydroxyl groups excluding tert-OH is 3. The van der Waals surface area contributed by atoms with Crippen molar-refractivity contribution < 1.29 is 24.9 Å². The van der Waals surface area contributed by atoms with Crippen LogP contribution in [0, 0.1) is 0 Å². The summed E-state index contributed by atoms with van der Waals surface area (Å²) in [7, 11) is 0. The number of carbonyl (C=O) groups is 1. The van der Waals surface area contributed by atoms with Crippen LogP contribution >= 0.6 is 0 Å². The lowest BCUT2D eigenvalue weighted by Crippen LogP contribution is -2.14. The van der Waals surface area contributed by atoms with E-state index in [0.29, 0.717) is 12.8 Å². The summed E-state index contributed by atoms with van der Waals surface area (Å²) in [5.41, 5.74) is 0. The molecule has 0 aliphatic carbocycles. The molecular weight excluding hydrogens is 368 g/mol. The average molecular weight is 403 g/mol. The third-order valence-corrected chi connectivity index (χ3v) is 4.24. The van der Waals surface area contributed by atoms with Crippen molar-refractivity contribution in [3.8, 4) is 0 Å². The van der Waals surface area contributed by atoms with E-state index < -0.39 is 18.3 Å². The molecule has 0 amide bonds. The number of cyclic esters (lactones) is 1. The zero-order valence-electron chi connectivity index (χ0n) is 17.1. The first-order valence-corrected chi connectivity index (χ1v) is 10.2. The minimum Gasteiger partial charge on any atom is -0.460 e. The van der Waals surface area contributed by atoms with Crippen LogP contribution in [0.5, 0.6) is 0 Å². The molecule has 0 aromatic heterocycles. The largest absolute Gasteiger partial charge is 0.460 e. The molecule has 5 nitrogen and oxygen atoms in total. The van der Waals surface area contributed by atoms with E-state index in [1.807, 2.05) is 19.1 Å². The summed E-state index contributed by atoms with van der Waals surface area (Å²) in [5.74, 6) is -0.378. The van der Waals surface area contributed by atoms with Crippen molar-refractivity contribution >= 4 is 5.97 Å². The molecule has 0 aromatic carbocycles. The molecule has 0 fully saturated rings. The van der Waals surface area contributed by atoms with Gasteiger partial charge in [0.1, 0.15) is 0 Å². The fourth-order valence-corrected chi connectivity index (χ4v) is 2.66. The standard InChI is InChI=1S/C24H34O5/c1-20-13-7-3-2-4-8-16-22(26)19-23(27)17-11-5-9-14-21(25)15-10-6-12-18-24(28)29-20/h2,4-6,8-12,14,16,18,20-23,25-27H,3,7,13,15,17,19H2,1H3/b4-2-,10-6+,11-5-,14-9+,16-8+,18-12-/t20-,21-,22-,23-/m0/s1. The van der Waals surface area contributed by atoms with Gasteiger partial charge in [-0.15, -0.1) is 0 Å². The Morgan fingerprint density at radius 1 is 0.862 bits per heavy atom. The first-order chi connectivity index (χ1) is 14.0. The maximum Gasteiger partial charge on any atom is 0.331 e. The molecule has 0 saturated carbocycles. The average Bonchev–Trinajstić information content (AvgIpc) is 2.65. The monoisotopic (exact) mass is 402 g/mol. The van der Waals surface area contributed by atoms with Gasteiger partial charge in [0, 0.05) is 12.5 Å². The van der Waals surface area contributed by atoms with E-state index >= 15 is 0 Å². The molecule has 5 heteroatoms. The second-order valence-electron chi connectivity index (χ2n) is 7.09. The molecule has 0 bridgehead atoms. The minimum atomic E-state index is -0.703. The summed E-state index contributed by atoms with van der Waals surface area (Å²) in [6.07, 6.45) is 22.2. The van der Waals surface area contributed by atoms with E-state index in [4.69, 9.17) is 4.74 Å².